The van der Waals surface area contributed by atoms with Crippen LogP contribution in [-0.4, -0.2) is 40.0 Å². The maximum atomic E-state index is 11.3. The maximum Gasteiger partial charge on any atom is 0.271 e. The normalized spacial score (nSPS) is 25.1. The van der Waals surface area contributed by atoms with Gasteiger partial charge in [0.2, 0.25) is 0 Å². The van der Waals surface area contributed by atoms with Gasteiger partial charge in [-0.15, -0.1) is 0 Å². The molecule has 1 aliphatic carbocycles. The van der Waals surface area contributed by atoms with Gasteiger partial charge in [-0.2, -0.15) is 0 Å². The van der Waals surface area contributed by atoms with Crippen LogP contribution in [0, 0.1) is 0 Å². The summed E-state index contributed by atoms with van der Waals surface area (Å²) in [6, 6.07) is 1.15. The highest BCUT2D eigenvalue weighted by atomic mass is 35.5. The number of nitrogens with one attached hydrogen (secondary N) is 2. The molecule has 2 fully saturated rings. The van der Waals surface area contributed by atoms with Gasteiger partial charge in [-0.3, -0.25) is 9.69 Å². The number of H-pyrrole nitrogens is 1. The van der Waals surface area contributed by atoms with E-state index in [0.717, 1.165) is 25.6 Å². The fraction of sp³-hybridized carbons (Fsp3) is 0.636. The van der Waals surface area contributed by atoms with E-state index in [4.69, 9.17) is 11.6 Å². The lowest BCUT2D eigenvalue weighted by Crippen LogP contribution is -2.28. The standard InChI is InChI=1S/C11H15ClN4O/c12-9-10(13-6-14-11(9)17)15-7-3-4-16(5-7)8-1-2-8/h6-8H,1-5H2,(H2,13,14,15,17). The van der Waals surface area contributed by atoms with Gasteiger partial charge >= 0.3 is 0 Å². The molecule has 5 nitrogen and oxygen atoms in total. The first-order valence-electron chi connectivity index (χ1n) is 5.98. The topological polar surface area (TPSA) is 61.0 Å². The van der Waals surface area contributed by atoms with Crippen LogP contribution in [0.4, 0.5) is 5.82 Å². The van der Waals surface area contributed by atoms with E-state index in [9.17, 15) is 4.79 Å². The summed E-state index contributed by atoms with van der Waals surface area (Å²) in [4.78, 5) is 20.3. The third kappa shape index (κ3) is 2.30. The van der Waals surface area contributed by atoms with Crippen LogP contribution in [-0.2, 0) is 0 Å². The first-order chi connectivity index (χ1) is 8.24. The summed E-state index contributed by atoms with van der Waals surface area (Å²) in [5.41, 5.74) is -0.291. The highest BCUT2D eigenvalue weighted by molar-refractivity contribution is 6.32. The van der Waals surface area contributed by atoms with Crippen LogP contribution in [0.1, 0.15) is 19.3 Å². The van der Waals surface area contributed by atoms with E-state index in [0.29, 0.717) is 11.9 Å². The van der Waals surface area contributed by atoms with Crippen molar-refractivity contribution in [2.75, 3.05) is 18.4 Å². The van der Waals surface area contributed by atoms with Gasteiger partial charge in [-0.05, 0) is 19.3 Å². The van der Waals surface area contributed by atoms with Crippen LogP contribution in [0.3, 0.4) is 0 Å². The summed E-state index contributed by atoms with van der Waals surface area (Å²) in [6.07, 6.45) is 5.12. The smallest absolute Gasteiger partial charge is 0.271 e. The predicted molar refractivity (Wildman–Crippen MR) is 66.5 cm³/mol. The van der Waals surface area contributed by atoms with Crippen LogP contribution in [0.15, 0.2) is 11.1 Å². The van der Waals surface area contributed by atoms with Crippen molar-refractivity contribution in [2.24, 2.45) is 0 Å². The number of anilines is 1. The van der Waals surface area contributed by atoms with Crippen molar-refractivity contribution in [1.82, 2.24) is 14.9 Å². The lowest BCUT2D eigenvalue weighted by atomic mass is 10.2. The third-order valence-corrected chi connectivity index (χ3v) is 3.77. The van der Waals surface area contributed by atoms with E-state index in [1.54, 1.807) is 0 Å². The minimum Gasteiger partial charge on any atom is -0.365 e. The molecule has 2 N–H and O–H groups in total. The molecule has 0 aromatic carbocycles. The number of nitrogens with zero attached hydrogens (tertiary/aromatic N) is 2. The van der Waals surface area contributed by atoms with E-state index >= 15 is 0 Å². The second-order valence-corrected chi connectivity index (χ2v) is 5.13. The lowest BCUT2D eigenvalue weighted by Gasteiger charge is -2.16. The number of rotatable bonds is 3. The Bertz CT molecular complexity index is 471. The van der Waals surface area contributed by atoms with Crippen molar-refractivity contribution in [3.05, 3.63) is 21.7 Å². The number of hydrogen-bond acceptors (Lipinski definition) is 4. The zero-order valence-electron chi connectivity index (χ0n) is 9.45. The summed E-state index contributed by atoms with van der Waals surface area (Å²) in [6.45, 7) is 2.15. The molecule has 1 unspecified atom stereocenters. The van der Waals surface area contributed by atoms with E-state index in [2.05, 4.69) is 20.2 Å². The summed E-state index contributed by atoms with van der Waals surface area (Å²) in [5, 5.41) is 3.41. The Hall–Kier alpha value is -1.07. The molecular weight excluding hydrogens is 240 g/mol. The molecule has 0 amide bonds. The van der Waals surface area contributed by atoms with Crippen molar-refractivity contribution in [1.29, 1.82) is 0 Å². The predicted octanol–water partition coefficient (Wildman–Crippen LogP) is 1.07. The Kier molecular flexibility index (Phi) is 2.80. The third-order valence-electron chi connectivity index (χ3n) is 3.42. The molecule has 1 aromatic heterocycles. The van der Waals surface area contributed by atoms with Crippen molar-refractivity contribution >= 4 is 17.4 Å². The van der Waals surface area contributed by atoms with Crippen LogP contribution < -0.4 is 10.9 Å². The number of aromatic nitrogens is 2. The molecule has 1 atom stereocenters. The van der Waals surface area contributed by atoms with Gasteiger partial charge in [0.15, 0.2) is 5.82 Å². The van der Waals surface area contributed by atoms with Crippen LogP contribution in [0.5, 0.6) is 0 Å². The molecule has 17 heavy (non-hydrogen) atoms. The summed E-state index contributed by atoms with van der Waals surface area (Å²) in [5.74, 6) is 0.498. The summed E-state index contributed by atoms with van der Waals surface area (Å²) >= 11 is 5.90. The fourth-order valence-electron chi connectivity index (χ4n) is 2.35. The minimum atomic E-state index is -0.291. The number of likely N-dealkylation sites (tertiary alicyclic amines) is 1. The average Bonchev–Trinajstić information content (AvgIpc) is 3.06. The molecule has 1 aliphatic heterocycles. The molecule has 3 rings (SSSR count). The summed E-state index contributed by atoms with van der Waals surface area (Å²) in [7, 11) is 0. The highest BCUT2D eigenvalue weighted by Crippen LogP contribution is 2.30. The van der Waals surface area contributed by atoms with Crippen LogP contribution in [0.2, 0.25) is 5.02 Å². The Labute approximate surface area is 104 Å². The molecule has 1 saturated carbocycles. The number of halogens is 1. The average molecular weight is 255 g/mol. The van der Waals surface area contributed by atoms with E-state index in [-0.39, 0.29) is 10.6 Å². The van der Waals surface area contributed by atoms with Crippen molar-refractivity contribution < 1.29 is 0 Å². The van der Waals surface area contributed by atoms with Gasteiger partial charge in [0, 0.05) is 25.2 Å². The molecule has 0 radical (unpaired) electrons. The Morgan fingerprint density at radius 1 is 1.47 bits per heavy atom. The molecule has 2 aliphatic rings. The van der Waals surface area contributed by atoms with Crippen molar-refractivity contribution in [2.45, 2.75) is 31.3 Å². The van der Waals surface area contributed by atoms with Gasteiger partial charge in [0.25, 0.3) is 5.56 Å². The highest BCUT2D eigenvalue weighted by Gasteiger charge is 2.34. The van der Waals surface area contributed by atoms with E-state index in [1.807, 2.05) is 0 Å². The Balaban J connectivity index is 1.67. The zero-order valence-corrected chi connectivity index (χ0v) is 10.2. The van der Waals surface area contributed by atoms with Gasteiger partial charge in [-0.1, -0.05) is 11.6 Å². The molecule has 1 aromatic rings. The van der Waals surface area contributed by atoms with E-state index < -0.39 is 0 Å². The van der Waals surface area contributed by atoms with Crippen molar-refractivity contribution in [3.63, 3.8) is 0 Å². The van der Waals surface area contributed by atoms with Gasteiger partial charge < -0.3 is 10.3 Å². The first-order valence-corrected chi connectivity index (χ1v) is 6.35. The van der Waals surface area contributed by atoms with Gasteiger partial charge in [0.1, 0.15) is 5.02 Å². The van der Waals surface area contributed by atoms with Gasteiger partial charge in [0.05, 0.1) is 6.33 Å². The first kappa shape index (κ1) is 11.0. The zero-order chi connectivity index (χ0) is 11.8. The molecule has 2 heterocycles. The number of aromatic amines is 1. The van der Waals surface area contributed by atoms with Crippen molar-refractivity contribution in [3.8, 4) is 0 Å². The lowest BCUT2D eigenvalue weighted by molar-refractivity contribution is 0.326. The SMILES string of the molecule is O=c1[nH]cnc(NC2CCN(C3CC3)C2)c1Cl. The molecule has 0 bridgehead atoms. The fourth-order valence-corrected chi connectivity index (χ4v) is 2.51. The number of hydrogen-bond donors (Lipinski definition) is 2. The quantitative estimate of drug-likeness (QED) is 0.847. The van der Waals surface area contributed by atoms with Crippen LogP contribution >= 0.6 is 11.6 Å². The molecular formula is C11H15ClN4O. The summed E-state index contributed by atoms with van der Waals surface area (Å²) < 4.78 is 0. The molecule has 0 spiro atoms. The monoisotopic (exact) mass is 254 g/mol. The Morgan fingerprint density at radius 2 is 2.29 bits per heavy atom. The van der Waals surface area contributed by atoms with E-state index in [1.165, 1.54) is 19.2 Å². The van der Waals surface area contributed by atoms with Gasteiger partial charge in [-0.25, -0.2) is 4.98 Å². The largest absolute Gasteiger partial charge is 0.365 e. The Morgan fingerprint density at radius 3 is 3.06 bits per heavy atom. The second kappa shape index (κ2) is 4.31. The van der Waals surface area contributed by atoms with Crippen LogP contribution in [0.25, 0.3) is 0 Å². The molecule has 6 heteroatoms. The minimum absolute atomic E-state index is 0.150. The molecule has 1 saturated heterocycles. The second-order valence-electron chi connectivity index (χ2n) is 4.75. The molecule has 92 valence electrons. The maximum absolute atomic E-state index is 11.3.